The van der Waals surface area contributed by atoms with Gasteiger partial charge in [0.2, 0.25) is 10.0 Å². The third-order valence-corrected chi connectivity index (χ3v) is 4.92. The molecular formula is C20H26N2O6S. The Bertz CT molecular complexity index is 946. The van der Waals surface area contributed by atoms with Crippen LogP contribution >= 0.6 is 0 Å². The quantitative estimate of drug-likeness (QED) is 0.604. The number of amides is 1. The minimum absolute atomic E-state index is 0.0908. The normalized spacial score (nSPS) is 12.1. The smallest absolute Gasteiger partial charge is 0.258 e. The molecule has 29 heavy (non-hydrogen) atoms. The summed E-state index contributed by atoms with van der Waals surface area (Å²) in [5.41, 5.74) is 0.699. The van der Waals surface area contributed by atoms with Crippen LogP contribution in [0.1, 0.15) is 19.4 Å². The molecule has 2 rings (SSSR count). The molecule has 0 heterocycles. The lowest BCUT2D eigenvalue weighted by atomic mass is 10.1. The standard InChI is InChI=1S/C20H26N2O6S/c1-4-27-16-7-5-6-8-17(16)28-13-20(23)22-14(2)11-15-9-10-18(26-3)19(12-15)29(21,24)25/h5-10,12,14H,4,11,13H2,1-3H3,(H,22,23)(H2,21,24,25)/t14-/m1/s1. The SMILES string of the molecule is CCOc1ccccc1OCC(=O)N[C@H](C)Cc1ccc(OC)c(S(N)(=O)=O)c1. The highest BCUT2D eigenvalue weighted by Gasteiger charge is 2.17. The number of nitrogens with one attached hydrogen (secondary N) is 1. The molecule has 0 aliphatic carbocycles. The summed E-state index contributed by atoms with van der Waals surface area (Å²) < 4.78 is 39.5. The molecule has 0 aromatic heterocycles. The van der Waals surface area contributed by atoms with Gasteiger partial charge in [0.05, 0.1) is 13.7 Å². The Morgan fingerprint density at radius 1 is 1.10 bits per heavy atom. The van der Waals surface area contributed by atoms with Gasteiger partial charge in [0.1, 0.15) is 10.6 Å². The van der Waals surface area contributed by atoms with Crippen LogP contribution < -0.4 is 24.7 Å². The van der Waals surface area contributed by atoms with E-state index in [4.69, 9.17) is 19.3 Å². The van der Waals surface area contributed by atoms with E-state index in [0.717, 1.165) is 0 Å². The van der Waals surface area contributed by atoms with Gasteiger partial charge in [-0.15, -0.1) is 0 Å². The minimum Gasteiger partial charge on any atom is -0.495 e. The lowest BCUT2D eigenvalue weighted by molar-refractivity contribution is -0.123. The summed E-state index contributed by atoms with van der Waals surface area (Å²) in [6.45, 7) is 4.00. The van der Waals surface area contributed by atoms with E-state index in [1.54, 1.807) is 24.3 Å². The number of primary sulfonamides is 1. The van der Waals surface area contributed by atoms with Gasteiger partial charge in [-0.1, -0.05) is 18.2 Å². The van der Waals surface area contributed by atoms with Crippen LogP contribution in [0, 0.1) is 0 Å². The fourth-order valence-electron chi connectivity index (χ4n) is 2.78. The molecule has 1 atom stereocenters. The summed E-state index contributed by atoms with van der Waals surface area (Å²) in [7, 11) is -2.55. The zero-order valence-corrected chi connectivity index (χ0v) is 17.5. The fraction of sp³-hybridized carbons (Fsp3) is 0.350. The molecule has 0 aliphatic rings. The number of para-hydroxylation sites is 2. The van der Waals surface area contributed by atoms with Crippen LogP contribution in [0.3, 0.4) is 0 Å². The van der Waals surface area contributed by atoms with Crippen molar-refractivity contribution < 1.29 is 27.4 Å². The van der Waals surface area contributed by atoms with Gasteiger partial charge in [0.15, 0.2) is 18.1 Å². The van der Waals surface area contributed by atoms with Crippen molar-refractivity contribution in [3.05, 3.63) is 48.0 Å². The maximum absolute atomic E-state index is 12.2. The van der Waals surface area contributed by atoms with Crippen LogP contribution in [0.15, 0.2) is 47.4 Å². The summed E-state index contributed by atoms with van der Waals surface area (Å²) in [5.74, 6) is 0.938. The summed E-state index contributed by atoms with van der Waals surface area (Å²) in [6.07, 6.45) is 0.411. The van der Waals surface area contributed by atoms with Crippen LogP contribution in [-0.4, -0.2) is 40.7 Å². The van der Waals surface area contributed by atoms with E-state index < -0.39 is 10.0 Å². The molecule has 0 saturated heterocycles. The van der Waals surface area contributed by atoms with Crippen molar-refractivity contribution in [3.8, 4) is 17.2 Å². The van der Waals surface area contributed by atoms with Crippen molar-refractivity contribution in [1.82, 2.24) is 5.32 Å². The number of nitrogens with two attached hydrogens (primary N) is 1. The van der Waals surface area contributed by atoms with Crippen molar-refractivity contribution in [2.24, 2.45) is 5.14 Å². The number of methoxy groups -OCH3 is 1. The van der Waals surface area contributed by atoms with E-state index in [9.17, 15) is 13.2 Å². The first-order chi connectivity index (χ1) is 13.7. The number of rotatable bonds is 10. The molecular weight excluding hydrogens is 396 g/mol. The van der Waals surface area contributed by atoms with Crippen molar-refractivity contribution >= 4 is 15.9 Å². The second-order valence-electron chi connectivity index (χ2n) is 6.37. The van der Waals surface area contributed by atoms with E-state index in [-0.39, 0.29) is 29.2 Å². The van der Waals surface area contributed by atoms with E-state index in [1.165, 1.54) is 19.2 Å². The number of carbonyl (C=O) groups excluding carboxylic acids is 1. The van der Waals surface area contributed by atoms with Crippen molar-refractivity contribution in [1.29, 1.82) is 0 Å². The van der Waals surface area contributed by atoms with Gasteiger partial charge in [0, 0.05) is 6.04 Å². The number of sulfonamides is 1. The highest BCUT2D eigenvalue weighted by atomic mass is 32.2. The van der Waals surface area contributed by atoms with Crippen LogP contribution in [0.2, 0.25) is 0 Å². The molecule has 3 N–H and O–H groups in total. The third kappa shape index (κ3) is 6.65. The van der Waals surface area contributed by atoms with Crippen LogP contribution in [0.25, 0.3) is 0 Å². The first kappa shape index (κ1) is 22.5. The largest absolute Gasteiger partial charge is 0.495 e. The van der Waals surface area contributed by atoms with Crippen LogP contribution in [0.4, 0.5) is 0 Å². The molecule has 0 bridgehead atoms. The molecule has 158 valence electrons. The molecule has 0 spiro atoms. The Balaban J connectivity index is 1.96. The average Bonchev–Trinajstić information content (AvgIpc) is 2.66. The molecule has 0 aliphatic heterocycles. The lowest BCUT2D eigenvalue weighted by Crippen LogP contribution is -2.37. The lowest BCUT2D eigenvalue weighted by Gasteiger charge is -2.16. The van der Waals surface area contributed by atoms with Gasteiger partial charge in [-0.3, -0.25) is 4.79 Å². The molecule has 0 radical (unpaired) electrons. The zero-order chi connectivity index (χ0) is 21.4. The minimum atomic E-state index is -3.92. The van der Waals surface area contributed by atoms with Crippen molar-refractivity contribution in [3.63, 3.8) is 0 Å². The molecule has 9 heteroatoms. The average molecular weight is 423 g/mol. The Hall–Kier alpha value is -2.78. The molecule has 0 unspecified atom stereocenters. The topological polar surface area (TPSA) is 117 Å². The maximum Gasteiger partial charge on any atom is 0.258 e. The molecule has 0 fully saturated rings. The monoisotopic (exact) mass is 422 g/mol. The first-order valence-corrected chi connectivity index (χ1v) is 10.6. The summed E-state index contributed by atoms with van der Waals surface area (Å²) >= 11 is 0. The summed E-state index contributed by atoms with van der Waals surface area (Å²) in [4.78, 5) is 12.1. The Labute approximate surface area is 171 Å². The number of carbonyl (C=O) groups is 1. The Kier molecular flexibility index (Phi) is 7.86. The molecule has 2 aromatic rings. The van der Waals surface area contributed by atoms with Gasteiger partial charge < -0.3 is 19.5 Å². The second-order valence-corrected chi connectivity index (χ2v) is 7.90. The Morgan fingerprint density at radius 2 is 1.76 bits per heavy atom. The fourth-order valence-corrected chi connectivity index (χ4v) is 3.53. The van der Waals surface area contributed by atoms with E-state index in [2.05, 4.69) is 5.32 Å². The predicted octanol–water partition coefficient (Wildman–Crippen LogP) is 1.87. The molecule has 2 aromatic carbocycles. The van der Waals surface area contributed by atoms with Gasteiger partial charge in [-0.05, 0) is 50.1 Å². The molecule has 0 saturated carbocycles. The van der Waals surface area contributed by atoms with Gasteiger partial charge in [-0.25, -0.2) is 13.6 Å². The zero-order valence-electron chi connectivity index (χ0n) is 16.7. The van der Waals surface area contributed by atoms with E-state index in [1.807, 2.05) is 19.9 Å². The Morgan fingerprint density at radius 3 is 2.34 bits per heavy atom. The van der Waals surface area contributed by atoms with Gasteiger partial charge in [0.25, 0.3) is 5.91 Å². The molecule has 1 amide bonds. The van der Waals surface area contributed by atoms with Crippen LogP contribution in [0.5, 0.6) is 17.2 Å². The number of ether oxygens (including phenoxy) is 3. The maximum atomic E-state index is 12.2. The first-order valence-electron chi connectivity index (χ1n) is 9.08. The van der Waals surface area contributed by atoms with E-state index in [0.29, 0.717) is 30.1 Å². The highest BCUT2D eigenvalue weighted by Crippen LogP contribution is 2.26. The van der Waals surface area contributed by atoms with Gasteiger partial charge in [-0.2, -0.15) is 0 Å². The highest BCUT2D eigenvalue weighted by molar-refractivity contribution is 7.89. The van der Waals surface area contributed by atoms with E-state index >= 15 is 0 Å². The van der Waals surface area contributed by atoms with Crippen molar-refractivity contribution in [2.75, 3.05) is 20.3 Å². The number of hydrogen-bond donors (Lipinski definition) is 2. The summed E-state index contributed by atoms with van der Waals surface area (Å²) in [5, 5.41) is 8.06. The van der Waals surface area contributed by atoms with Crippen LogP contribution in [-0.2, 0) is 21.2 Å². The molecule has 8 nitrogen and oxygen atoms in total. The summed E-state index contributed by atoms with van der Waals surface area (Å²) in [6, 6.07) is 11.6. The van der Waals surface area contributed by atoms with Crippen molar-refractivity contribution in [2.45, 2.75) is 31.2 Å². The number of hydrogen-bond acceptors (Lipinski definition) is 6. The van der Waals surface area contributed by atoms with Gasteiger partial charge >= 0.3 is 0 Å². The predicted molar refractivity (Wildman–Crippen MR) is 109 cm³/mol. The number of benzene rings is 2. The third-order valence-electron chi connectivity index (χ3n) is 3.99. The second kappa shape index (κ2) is 10.1.